The van der Waals surface area contributed by atoms with E-state index in [0.29, 0.717) is 36.5 Å². The zero-order valence-electron chi connectivity index (χ0n) is 14.5. The average Bonchev–Trinajstić information content (AvgIpc) is 2.95. The van der Waals surface area contributed by atoms with E-state index in [-0.39, 0.29) is 12.6 Å². The van der Waals surface area contributed by atoms with E-state index in [0.717, 1.165) is 5.56 Å². The van der Waals surface area contributed by atoms with Crippen molar-refractivity contribution in [2.45, 2.75) is 46.3 Å². The normalized spacial score (nSPS) is 12.0. The zero-order chi connectivity index (χ0) is 17.5. The topological polar surface area (TPSA) is 78.6 Å². The van der Waals surface area contributed by atoms with Gasteiger partial charge in [0.15, 0.2) is 5.76 Å². The van der Waals surface area contributed by atoms with Crippen molar-refractivity contribution in [3.8, 4) is 0 Å². The lowest BCUT2D eigenvalue weighted by atomic mass is 10.2. The van der Waals surface area contributed by atoms with Crippen LogP contribution in [0.3, 0.4) is 0 Å². The number of rotatable bonds is 7. The Bertz CT molecular complexity index is 655. The predicted molar refractivity (Wildman–Crippen MR) is 92.8 cm³/mol. The van der Waals surface area contributed by atoms with Gasteiger partial charge in [-0.25, -0.2) is 4.79 Å². The lowest BCUT2D eigenvalue weighted by Crippen LogP contribution is -2.39. The van der Waals surface area contributed by atoms with E-state index >= 15 is 0 Å². The van der Waals surface area contributed by atoms with Crippen LogP contribution in [0.2, 0.25) is 0 Å². The quantitative estimate of drug-likeness (QED) is 0.815. The number of carbonyl (C=O) groups excluding carboxylic acids is 1. The Morgan fingerprint density at radius 2 is 2.04 bits per heavy atom. The predicted octanol–water partition coefficient (Wildman–Crippen LogP) is 3.35. The number of aryl methyl sites for hydroxylation is 2. The van der Waals surface area contributed by atoms with Crippen molar-refractivity contribution in [2.24, 2.45) is 0 Å². The Kier molecular flexibility index (Phi) is 6.37. The molecule has 6 nitrogen and oxygen atoms in total. The van der Waals surface area contributed by atoms with Gasteiger partial charge in [-0.1, -0.05) is 49.3 Å². The molecule has 0 spiro atoms. The first-order chi connectivity index (χ1) is 11.5. The maximum atomic E-state index is 12.7. The highest BCUT2D eigenvalue weighted by Gasteiger charge is 2.21. The van der Waals surface area contributed by atoms with Crippen LogP contribution in [0.15, 0.2) is 34.9 Å². The number of carbonyl (C=O) groups is 1. The Morgan fingerprint density at radius 3 is 2.67 bits per heavy atom. The third-order valence-corrected chi connectivity index (χ3v) is 3.89. The van der Waals surface area contributed by atoms with Gasteiger partial charge >= 0.3 is 6.03 Å². The van der Waals surface area contributed by atoms with Crippen molar-refractivity contribution < 1.29 is 14.4 Å². The van der Waals surface area contributed by atoms with Crippen LogP contribution in [0.5, 0.6) is 0 Å². The van der Waals surface area contributed by atoms with Crippen LogP contribution in [0.25, 0.3) is 0 Å². The maximum absolute atomic E-state index is 12.7. The van der Waals surface area contributed by atoms with Crippen molar-refractivity contribution in [3.63, 3.8) is 0 Å². The molecule has 0 aliphatic rings. The van der Waals surface area contributed by atoms with E-state index in [2.05, 4.69) is 10.5 Å². The van der Waals surface area contributed by atoms with E-state index in [1.165, 1.54) is 0 Å². The number of amides is 2. The van der Waals surface area contributed by atoms with Crippen LogP contribution in [-0.4, -0.2) is 33.8 Å². The van der Waals surface area contributed by atoms with Gasteiger partial charge in [0.1, 0.15) is 11.4 Å². The third-order valence-electron chi connectivity index (χ3n) is 3.89. The van der Waals surface area contributed by atoms with Crippen molar-refractivity contribution in [2.75, 3.05) is 11.9 Å². The molecule has 0 saturated carbocycles. The van der Waals surface area contributed by atoms with Crippen molar-refractivity contribution in [1.82, 2.24) is 10.1 Å². The highest BCUT2D eigenvalue weighted by Crippen LogP contribution is 2.21. The molecule has 1 unspecified atom stereocenters. The minimum absolute atomic E-state index is 0.267. The lowest BCUT2D eigenvalue weighted by Gasteiger charge is -2.25. The van der Waals surface area contributed by atoms with E-state index in [9.17, 15) is 9.90 Å². The second-order valence-electron chi connectivity index (χ2n) is 5.78. The van der Waals surface area contributed by atoms with Gasteiger partial charge in [0.25, 0.3) is 0 Å². The smallest absolute Gasteiger partial charge is 0.322 e. The number of aliphatic hydroxyl groups excluding tert-OH is 1. The first kappa shape index (κ1) is 18.0. The average molecular weight is 331 g/mol. The second-order valence-corrected chi connectivity index (χ2v) is 5.78. The molecule has 2 aromatic rings. The van der Waals surface area contributed by atoms with Crippen LogP contribution in [0.4, 0.5) is 10.5 Å². The summed E-state index contributed by atoms with van der Waals surface area (Å²) in [7, 11) is 0. The minimum atomic E-state index is -0.561. The molecule has 1 heterocycles. The Labute approximate surface area is 142 Å². The number of benzene rings is 1. The van der Waals surface area contributed by atoms with Crippen molar-refractivity contribution in [1.29, 1.82) is 0 Å². The zero-order valence-corrected chi connectivity index (χ0v) is 14.5. The Morgan fingerprint density at radius 1 is 1.33 bits per heavy atom. The minimum Gasteiger partial charge on any atom is -0.391 e. The fourth-order valence-corrected chi connectivity index (χ4v) is 2.41. The van der Waals surface area contributed by atoms with Gasteiger partial charge in [0.2, 0.25) is 0 Å². The van der Waals surface area contributed by atoms with Crippen LogP contribution >= 0.6 is 0 Å². The molecule has 0 aliphatic heterocycles. The molecule has 0 aliphatic carbocycles. The fourth-order valence-electron chi connectivity index (χ4n) is 2.41. The number of aliphatic hydroxyl groups is 1. The van der Waals surface area contributed by atoms with Crippen molar-refractivity contribution in [3.05, 3.63) is 47.3 Å². The highest BCUT2D eigenvalue weighted by molar-refractivity contribution is 5.90. The maximum Gasteiger partial charge on any atom is 0.322 e. The first-order valence-corrected chi connectivity index (χ1v) is 8.28. The number of anilines is 1. The fraction of sp³-hybridized carbons (Fsp3) is 0.444. The molecule has 1 atom stereocenters. The molecule has 6 heteroatoms. The summed E-state index contributed by atoms with van der Waals surface area (Å²) >= 11 is 0. The van der Waals surface area contributed by atoms with Crippen LogP contribution in [0, 0.1) is 6.92 Å². The lowest BCUT2D eigenvalue weighted by molar-refractivity contribution is 0.119. The Balaban J connectivity index is 2.15. The summed E-state index contributed by atoms with van der Waals surface area (Å²) in [6.07, 6.45) is 0.673. The summed E-state index contributed by atoms with van der Waals surface area (Å²) in [4.78, 5) is 14.3. The number of nitrogens with one attached hydrogen (secondary N) is 1. The SMILES string of the molecule is CCc1onc(C)c1NC(=O)N(Cc1ccccc1)CC(O)CC. The second kappa shape index (κ2) is 8.49. The molecular formula is C18H25N3O3. The standard InChI is InChI=1S/C18H25N3O3/c1-4-15(22)12-21(11-14-9-7-6-8-10-14)18(23)19-17-13(3)20-24-16(17)5-2/h6-10,15,22H,4-5,11-12H2,1-3H3,(H,19,23). The van der Waals surface area contributed by atoms with Gasteiger partial charge in [0.05, 0.1) is 6.10 Å². The molecule has 0 saturated heterocycles. The molecule has 2 amide bonds. The van der Waals surface area contributed by atoms with Gasteiger partial charge in [-0.2, -0.15) is 0 Å². The molecular weight excluding hydrogens is 306 g/mol. The molecule has 0 radical (unpaired) electrons. The number of hydrogen-bond donors (Lipinski definition) is 2. The summed E-state index contributed by atoms with van der Waals surface area (Å²) in [5.41, 5.74) is 2.27. The molecule has 1 aromatic carbocycles. The van der Waals surface area contributed by atoms with Crippen LogP contribution in [-0.2, 0) is 13.0 Å². The van der Waals surface area contributed by atoms with Gasteiger partial charge in [0, 0.05) is 19.5 Å². The summed E-state index contributed by atoms with van der Waals surface area (Å²) < 4.78 is 5.21. The molecule has 2 N–H and O–H groups in total. The van der Waals surface area contributed by atoms with Crippen LogP contribution in [0.1, 0.15) is 37.3 Å². The van der Waals surface area contributed by atoms with Gasteiger partial charge in [-0.3, -0.25) is 0 Å². The van der Waals surface area contributed by atoms with Crippen molar-refractivity contribution >= 4 is 11.7 Å². The van der Waals surface area contributed by atoms with Gasteiger partial charge in [-0.15, -0.1) is 0 Å². The first-order valence-electron chi connectivity index (χ1n) is 8.28. The number of hydrogen-bond acceptors (Lipinski definition) is 4. The molecule has 2 rings (SSSR count). The van der Waals surface area contributed by atoms with Gasteiger partial charge in [-0.05, 0) is 18.9 Å². The van der Waals surface area contributed by atoms with Crippen LogP contribution < -0.4 is 5.32 Å². The summed E-state index contributed by atoms with van der Waals surface area (Å²) in [5.74, 6) is 0.650. The number of nitrogens with zero attached hydrogens (tertiary/aromatic N) is 2. The molecule has 1 aromatic heterocycles. The largest absolute Gasteiger partial charge is 0.391 e. The monoisotopic (exact) mass is 331 g/mol. The summed E-state index contributed by atoms with van der Waals surface area (Å²) in [5, 5.41) is 16.8. The number of aromatic nitrogens is 1. The molecule has 0 bridgehead atoms. The highest BCUT2D eigenvalue weighted by atomic mass is 16.5. The molecule has 0 fully saturated rings. The van der Waals surface area contributed by atoms with E-state index in [1.807, 2.05) is 44.2 Å². The van der Waals surface area contributed by atoms with E-state index < -0.39 is 6.10 Å². The van der Waals surface area contributed by atoms with E-state index in [4.69, 9.17) is 4.52 Å². The van der Waals surface area contributed by atoms with Gasteiger partial charge < -0.3 is 19.8 Å². The third kappa shape index (κ3) is 4.58. The number of urea groups is 1. The van der Waals surface area contributed by atoms with E-state index in [1.54, 1.807) is 11.8 Å². The Hall–Kier alpha value is -2.34. The summed E-state index contributed by atoms with van der Waals surface area (Å²) in [6, 6.07) is 9.44. The summed E-state index contributed by atoms with van der Waals surface area (Å²) in [6.45, 7) is 6.32. The molecule has 24 heavy (non-hydrogen) atoms. The molecule has 130 valence electrons.